The van der Waals surface area contributed by atoms with Crippen LogP contribution in [0.2, 0.25) is 0 Å². The molecule has 158 valence electrons. The van der Waals surface area contributed by atoms with Crippen molar-refractivity contribution >= 4 is 51.5 Å². The van der Waals surface area contributed by atoms with E-state index in [2.05, 4.69) is 9.88 Å². The van der Waals surface area contributed by atoms with E-state index < -0.39 is 17.1 Å². The minimum atomic E-state index is -0.446. The fourth-order valence-corrected chi connectivity index (χ4v) is 4.52. The summed E-state index contributed by atoms with van der Waals surface area (Å²) in [5, 5.41) is 3.38. The molecule has 1 aliphatic rings. The molecule has 1 fully saturated rings. The van der Waals surface area contributed by atoms with Gasteiger partial charge in [0.25, 0.3) is 11.1 Å². The molecule has 0 radical (unpaired) electrons. The predicted molar refractivity (Wildman–Crippen MR) is 125 cm³/mol. The van der Waals surface area contributed by atoms with Crippen molar-refractivity contribution in [3.63, 3.8) is 0 Å². The molecule has 1 aliphatic heterocycles. The van der Waals surface area contributed by atoms with E-state index in [1.54, 1.807) is 6.08 Å². The van der Waals surface area contributed by atoms with Crippen LogP contribution in [-0.2, 0) is 16.6 Å². The number of aromatic nitrogens is 1. The Hall–Kier alpha value is -3.32. The van der Waals surface area contributed by atoms with Crippen LogP contribution in [0.4, 0.5) is 10.5 Å². The van der Waals surface area contributed by atoms with Crippen LogP contribution in [0.15, 0.2) is 47.4 Å². The van der Waals surface area contributed by atoms with Crippen molar-refractivity contribution in [2.75, 3.05) is 11.9 Å². The molecule has 0 atom stereocenters. The molecular weight excluding hydrogens is 410 g/mol. The molecule has 1 aromatic heterocycles. The number of nitrogens with zero attached hydrogens (tertiary/aromatic N) is 2. The molecule has 1 N–H and O–H groups in total. The molecule has 7 heteroatoms. The molecule has 2 heterocycles. The van der Waals surface area contributed by atoms with Gasteiger partial charge in [0.05, 0.1) is 4.91 Å². The van der Waals surface area contributed by atoms with Crippen molar-refractivity contribution in [2.45, 2.75) is 20.8 Å². The van der Waals surface area contributed by atoms with Gasteiger partial charge >= 0.3 is 0 Å². The van der Waals surface area contributed by atoms with Crippen molar-refractivity contribution in [3.05, 3.63) is 69.8 Å². The Balaban J connectivity index is 1.56. The maximum Gasteiger partial charge on any atom is 0.294 e. The van der Waals surface area contributed by atoms with Crippen LogP contribution in [0, 0.1) is 20.8 Å². The average Bonchev–Trinajstić information content (AvgIpc) is 3.14. The summed E-state index contributed by atoms with van der Waals surface area (Å²) in [6.07, 6.45) is 1.76. The molecule has 0 bridgehead atoms. The maximum atomic E-state index is 12.9. The van der Waals surface area contributed by atoms with Gasteiger partial charge < -0.3 is 9.88 Å². The highest BCUT2D eigenvalue weighted by Gasteiger charge is 2.36. The minimum absolute atomic E-state index is 0.316. The summed E-state index contributed by atoms with van der Waals surface area (Å²) in [6.45, 7) is 5.49. The molecule has 31 heavy (non-hydrogen) atoms. The van der Waals surface area contributed by atoms with Gasteiger partial charge in [-0.15, -0.1) is 0 Å². The Morgan fingerprint density at radius 1 is 1.10 bits per heavy atom. The number of carbonyl (C=O) groups excluding carboxylic acids is 3. The van der Waals surface area contributed by atoms with Gasteiger partial charge in [0.15, 0.2) is 0 Å². The molecule has 2 aromatic carbocycles. The van der Waals surface area contributed by atoms with Crippen LogP contribution in [0.25, 0.3) is 17.0 Å². The van der Waals surface area contributed by atoms with Crippen molar-refractivity contribution < 1.29 is 14.4 Å². The van der Waals surface area contributed by atoms with Crippen molar-refractivity contribution in [2.24, 2.45) is 7.05 Å². The molecule has 3 amide bonds. The van der Waals surface area contributed by atoms with Crippen molar-refractivity contribution in [1.82, 2.24) is 9.47 Å². The van der Waals surface area contributed by atoms with Gasteiger partial charge in [-0.3, -0.25) is 19.3 Å². The van der Waals surface area contributed by atoms with Crippen molar-refractivity contribution in [1.29, 1.82) is 0 Å². The quantitative estimate of drug-likeness (QED) is 0.601. The summed E-state index contributed by atoms with van der Waals surface area (Å²) in [4.78, 5) is 39.3. The maximum absolute atomic E-state index is 12.9. The summed E-state index contributed by atoms with van der Waals surface area (Å²) >= 11 is 0.866. The lowest BCUT2D eigenvalue weighted by molar-refractivity contribution is -0.127. The van der Waals surface area contributed by atoms with E-state index in [1.807, 2.05) is 70.3 Å². The smallest absolute Gasteiger partial charge is 0.294 e. The first-order valence-corrected chi connectivity index (χ1v) is 10.7. The number of anilines is 1. The zero-order chi connectivity index (χ0) is 22.3. The van der Waals surface area contributed by atoms with Gasteiger partial charge in [-0.05, 0) is 61.9 Å². The number of nitrogens with one attached hydrogen (secondary N) is 1. The van der Waals surface area contributed by atoms with Crippen LogP contribution in [0.1, 0.15) is 22.4 Å². The van der Waals surface area contributed by atoms with E-state index in [1.165, 1.54) is 0 Å². The van der Waals surface area contributed by atoms with Gasteiger partial charge in [0.1, 0.15) is 6.54 Å². The zero-order valence-electron chi connectivity index (χ0n) is 17.9. The third-order valence-corrected chi connectivity index (χ3v) is 6.47. The number of aryl methyl sites for hydroxylation is 3. The predicted octanol–water partition coefficient (Wildman–Crippen LogP) is 4.78. The number of benzene rings is 2. The number of para-hydroxylation sites is 1. The van der Waals surface area contributed by atoms with E-state index in [9.17, 15) is 14.4 Å². The van der Waals surface area contributed by atoms with Crippen LogP contribution in [-0.4, -0.2) is 33.1 Å². The molecule has 1 saturated heterocycles. The van der Waals surface area contributed by atoms with Crippen molar-refractivity contribution in [3.8, 4) is 0 Å². The normalized spacial score (nSPS) is 15.4. The average molecular weight is 434 g/mol. The van der Waals surface area contributed by atoms with Crippen LogP contribution < -0.4 is 5.32 Å². The summed E-state index contributed by atoms with van der Waals surface area (Å²) in [5.74, 6) is -0.850. The molecule has 0 aliphatic carbocycles. The van der Waals surface area contributed by atoms with E-state index in [0.29, 0.717) is 10.6 Å². The van der Waals surface area contributed by atoms with E-state index in [0.717, 1.165) is 49.9 Å². The summed E-state index contributed by atoms with van der Waals surface area (Å²) < 4.78 is 2.06. The summed E-state index contributed by atoms with van der Waals surface area (Å²) in [5.41, 5.74) is 5.57. The summed E-state index contributed by atoms with van der Waals surface area (Å²) in [7, 11) is 1.97. The molecule has 0 spiro atoms. The van der Waals surface area contributed by atoms with Gasteiger partial charge in [-0.1, -0.05) is 30.3 Å². The van der Waals surface area contributed by atoms with E-state index in [4.69, 9.17) is 0 Å². The van der Waals surface area contributed by atoms with Crippen LogP contribution in [0.3, 0.4) is 0 Å². The first-order valence-electron chi connectivity index (χ1n) is 9.92. The molecule has 3 aromatic rings. The number of fused-ring (bicyclic) bond motifs is 1. The largest absolute Gasteiger partial charge is 0.347 e. The highest BCUT2D eigenvalue weighted by molar-refractivity contribution is 8.18. The molecule has 0 saturated carbocycles. The van der Waals surface area contributed by atoms with Crippen LogP contribution >= 0.6 is 11.8 Å². The number of amides is 3. The lowest BCUT2D eigenvalue weighted by atomic mass is 10.1. The minimum Gasteiger partial charge on any atom is -0.347 e. The monoisotopic (exact) mass is 433 g/mol. The Morgan fingerprint density at radius 2 is 1.84 bits per heavy atom. The standard InChI is InChI=1S/C24H23N3O3S/c1-14-9-10-15(2)19(11-14)25-22(28)13-27-23(29)21(31-24(27)30)12-18-16(3)26(4)20-8-6-5-7-17(18)20/h5-12H,13H2,1-4H3,(H,25,28)/b21-12-. The third kappa shape index (κ3) is 3.88. The number of hydrogen-bond donors (Lipinski definition) is 1. The summed E-state index contributed by atoms with van der Waals surface area (Å²) in [6, 6.07) is 13.7. The fraction of sp³-hybridized carbons (Fsp3) is 0.208. The molecular formula is C24H23N3O3S. The number of rotatable bonds is 4. The highest BCUT2D eigenvalue weighted by Crippen LogP contribution is 2.35. The SMILES string of the molecule is Cc1ccc(C)c(NC(=O)CN2C(=O)S/C(=C\c3c(C)n(C)c4ccccc34)C2=O)c1. The highest BCUT2D eigenvalue weighted by atomic mass is 32.2. The van der Waals surface area contributed by atoms with Gasteiger partial charge in [-0.25, -0.2) is 0 Å². The fourth-order valence-electron chi connectivity index (χ4n) is 3.70. The number of carbonyl (C=O) groups is 3. The molecule has 4 rings (SSSR count). The van der Waals surface area contributed by atoms with E-state index >= 15 is 0 Å². The Bertz CT molecular complexity index is 1270. The first kappa shape index (κ1) is 20.9. The molecule has 6 nitrogen and oxygen atoms in total. The second kappa shape index (κ2) is 8.07. The zero-order valence-corrected chi connectivity index (χ0v) is 18.7. The third-order valence-electron chi connectivity index (χ3n) is 5.57. The number of imide groups is 1. The van der Waals surface area contributed by atoms with Gasteiger partial charge in [0, 0.05) is 34.9 Å². The van der Waals surface area contributed by atoms with Gasteiger partial charge in [-0.2, -0.15) is 0 Å². The topological polar surface area (TPSA) is 71.4 Å². The Labute approximate surface area is 184 Å². The number of hydrogen-bond acceptors (Lipinski definition) is 4. The first-order chi connectivity index (χ1) is 14.8. The Morgan fingerprint density at radius 3 is 2.61 bits per heavy atom. The lowest BCUT2D eigenvalue weighted by Crippen LogP contribution is -2.36. The lowest BCUT2D eigenvalue weighted by Gasteiger charge is -2.14. The van der Waals surface area contributed by atoms with Gasteiger partial charge in [0.2, 0.25) is 5.91 Å². The van der Waals surface area contributed by atoms with E-state index in [-0.39, 0.29) is 6.54 Å². The Kier molecular flexibility index (Phi) is 5.45. The second-order valence-electron chi connectivity index (χ2n) is 7.71. The second-order valence-corrected chi connectivity index (χ2v) is 8.70. The van der Waals surface area contributed by atoms with Crippen LogP contribution in [0.5, 0.6) is 0 Å². The number of thioether (sulfide) groups is 1. The molecule has 0 unspecified atom stereocenters.